The standard InChI is InChI=1S/C33H48N2O4S.BrH/c1-3-4-5-6-7-8-9-10-11-12-13-16-22-38-32-24-29(19-20-31(32)37-2)39-26-33(36)34-30-18-15-14-17-28(30)25-35-21-23-40-27-35;/h14-15,17-21,23-24H,3-13,16,22,25-27H2,1-2H3,(H,34,36);1H. The first-order valence-corrected chi connectivity index (χ1v) is 16.1. The van der Waals surface area contributed by atoms with Crippen LogP contribution in [-0.4, -0.2) is 37.0 Å². The van der Waals surface area contributed by atoms with Crippen LogP contribution >= 0.6 is 28.7 Å². The van der Waals surface area contributed by atoms with Crippen molar-refractivity contribution in [2.75, 3.05) is 31.5 Å². The summed E-state index contributed by atoms with van der Waals surface area (Å²) in [6, 6.07) is 13.3. The summed E-state index contributed by atoms with van der Waals surface area (Å²) >= 11 is 1.76. The van der Waals surface area contributed by atoms with Crippen molar-refractivity contribution in [3.05, 3.63) is 59.6 Å². The number of para-hydroxylation sites is 1. The lowest BCUT2D eigenvalue weighted by atomic mass is 10.1. The average Bonchev–Trinajstić information content (AvgIpc) is 3.49. The molecule has 6 nitrogen and oxygen atoms in total. The molecule has 1 heterocycles. The van der Waals surface area contributed by atoms with Crippen LogP contribution in [0.15, 0.2) is 54.1 Å². The number of hydrogen-bond donors (Lipinski definition) is 1. The minimum absolute atomic E-state index is 0. The lowest BCUT2D eigenvalue weighted by Crippen LogP contribution is -2.22. The second-order valence-corrected chi connectivity index (χ2v) is 11.2. The number of carbonyl (C=O) groups excluding carboxylic acids is 1. The molecule has 8 heteroatoms. The number of amides is 1. The van der Waals surface area contributed by atoms with E-state index in [1.807, 2.05) is 30.3 Å². The summed E-state index contributed by atoms with van der Waals surface area (Å²) in [7, 11) is 1.63. The van der Waals surface area contributed by atoms with E-state index in [1.54, 1.807) is 31.0 Å². The van der Waals surface area contributed by atoms with E-state index in [4.69, 9.17) is 14.2 Å². The maximum absolute atomic E-state index is 12.7. The normalized spacial score (nSPS) is 12.2. The van der Waals surface area contributed by atoms with Crippen molar-refractivity contribution in [1.29, 1.82) is 0 Å². The molecule has 0 saturated heterocycles. The molecule has 1 aliphatic rings. The fourth-order valence-electron chi connectivity index (χ4n) is 4.73. The molecule has 0 spiro atoms. The average molecular weight is 650 g/mol. The Morgan fingerprint density at radius 3 is 2.22 bits per heavy atom. The third-order valence-corrected chi connectivity index (χ3v) is 7.83. The summed E-state index contributed by atoms with van der Waals surface area (Å²) < 4.78 is 17.3. The molecule has 0 aromatic heterocycles. The van der Waals surface area contributed by atoms with Crippen molar-refractivity contribution in [2.45, 2.75) is 90.5 Å². The smallest absolute Gasteiger partial charge is 0.262 e. The molecule has 0 fully saturated rings. The third-order valence-electron chi connectivity index (χ3n) is 7.03. The van der Waals surface area contributed by atoms with E-state index in [1.165, 1.54) is 70.6 Å². The molecule has 0 bridgehead atoms. The number of thioether (sulfide) groups is 1. The minimum Gasteiger partial charge on any atom is -0.493 e. The predicted molar refractivity (Wildman–Crippen MR) is 178 cm³/mol. The number of unbranched alkanes of at least 4 members (excludes halogenated alkanes) is 11. The topological polar surface area (TPSA) is 60.0 Å². The van der Waals surface area contributed by atoms with Gasteiger partial charge in [-0.1, -0.05) is 95.8 Å². The number of nitrogens with zero attached hydrogens (tertiary/aromatic N) is 1. The number of carbonyl (C=O) groups is 1. The van der Waals surface area contributed by atoms with Gasteiger partial charge in [0.05, 0.1) is 19.6 Å². The van der Waals surface area contributed by atoms with Crippen LogP contribution in [-0.2, 0) is 11.3 Å². The van der Waals surface area contributed by atoms with Gasteiger partial charge in [-0.15, -0.1) is 28.7 Å². The summed E-state index contributed by atoms with van der Waals surface area (Å²) in [6.07, 6.45) is 17.8. The number of methoxy groups -OCH3 is 1. The molecule has 1 amide bonds. The van der Waals surface area contributed by atoms with E-state index in [2.05, 4.69) is 28.7 Å². The van der Waals surface area contributed by atoms with Gasteiger partial charge in [0.2, 0.25) is 0 Å². The first kappa shape index (κ1) is 34.9. The number of anilines is 1. The second-order valence-electron chi connectivity index (χ2n) is 10.4. The van der Waals surface area contributed by atoms with Crippen LogP contribution in [0.5, 0.6) is 17.2 Å². The Labute approximate surface area is 262 Å². The molecular weight excluding hydrogens is 600 g/mol. The fourth-order valence-corrected chi connectivity index (χ4v) is 5.44. The number of ether oxygens (including phenoxy) is 3. The van der Waals surface area contributed by atoms with E-state index < -0.39 is 0 Å². The molecule has 2 aromatic rings. The van der Waals surface area contributed by atoms with Crippen molar-refractivity contribution in [1.82, 2.24) is 4.90 Å². The van der Waals surface area contributed by atoms with Gasteiger partial charge in [0.1, 0.15) is 5.75 Å². The summed E-state index contributed by atoms with van der Waals surface area (Å²) in [4.78, 5) is 14.9. The molecule has 0 aliphatic carbocycles. The van der Waals surface area contributed by atoms with Gasteiger partial charge in [0, 0.05) is 24.5 Å². The van der Waals surface area contributed by atoms with Gasteiger partial charge in [0.25, 0.3) is 5.91 Å². The Bertz CT molecular complexity index is 1040. The van der Waals surface area contributed by atoms with Gasteiger partial charge in [-0.25, -0.2) is 0 Å². The lowest BCUT2D eigenvalue weighted by Gasteiger charge is -2.18. The van der Waals surface area contributed by atoms with Crippen LogP contribution < -0.4 is 19.5 Å². The first-order chi connectivity index (χ1) is 19.7. The van der Waals surface area contributed by atoms with Crippen LogP contribution in [0.3, 0.4) is 0 Å². The van der Waals surface area contributed by atoms with Crippen LogP contribution in [0.1, 0.15) is 89.5 Å². The highest BCUT2D eigenvalue weighted by Gasteiger charge is 2.12. The molecule has 1 N–H and O–H groups in total. The van der Waals surface area contributed by atoms with Crippen molar-refractivity contribution in [2.24, 2.45) is 0 Å². The lowest BCUT2D eigenvalue weighted by molar-refractivity contribution is -0.118. The largest absolute Gasteiger partial charge is 0.493 e. The summed E-state index contributed by atoms with van der Waals surface area (Å²) in [5.74, 6) is 2.61. The van der Waals surface area contributed by atoms with E-state index in [9.17, 15) is 4.79 Å². The third kappa shape index (κ3) is 13.9. The van der Waals surface area contributed by atoms with Crippen molar-refractivity contribution in [3.63, 3.8) is 0 Å². The summed E-state index contributed by atoms with van der Waals surface area (Å²) in [6.45, 7) is 3.57. The molecule has 41 heavy (non-hydrogen) atoms. The Hall–Kier alpha value is -2.32. The van der Waals surface area contributed by atoms with Gasteiger partial charge in [-0.3, -0.25) is 4.79 Å². The van der Waals surface area contributed by atoms with Crippen LogP contribution in [0, 0.1) is 0 Å². The molecule has 228 valence electrons. The Kier molecular flexibility index (Phi) is 18.2. The predicted octanol–water partition coefficient (Wildman–Crippen LogP) is 9.35. The second kappa shape index (κ2) is 21.4. The Morgan fingerprint density at radius 1 is 0.878 bits per heavy atom. The Balaban J connectivity index is 0.00000588. The van der Waals surface area contributed by atoms with Crippen molar-refractivity contribution < 1.29 is 19.0 Å². The van der Waals surface area contributed by atoms with E-state index in [0.717, 1.165) is 30.1 Å². The van der Waals surface area contributed by atoms with Gasteiger partial charge < -0.3 is 24.4 Å². The highest BCUT2D eigenvalue weighted by Crippen LogP contribution is 2.31. The maximum Gasteiger partial charge on any atom is 0.262 e. The van der Waals surface area contributed by atoms with Crippen molar-refractivity contribution in [3.8, 4) is 17.2 Å². The number of nitrogens with one attached hydrogen (secondary N) is 1. The number of halogens is 1. The fraction of sp³-hybridized carbons (Fsp3) is 0.545. The molecular formula is C33H49BrN2O4S. The molecule has 0 atom stereocenters. The summed E-state index contributed by atoms with van der Waals surface area (Å²) in [5.41, 5.74) is 1.88. The van der Waals surface area contributed by atoms with Gasteiger partial charge in [-0.2, -0.15) is 0 Å². The number of hydrogen-bond acceptors (Lipinski definition) is 6. The minimum atomic E-state index is -0.200. The zero-order chi connectivity index (χ0) is 28.3. The quantitative estimate of drug-likeness (QED) is 0.136. The zero-order valence-electron chi connectivity index (χ0n) is 24.9. The molecule has 3 rings (SSSR count). The SMILES string of the molecule is Br.CCCCCCCCCCCCCCOc1cc(OCC(=O)Nc2ccccc2CN2C=CSC2)ccc1OC. The first-order valence-electron chi connectivity index (χ1n) is 15.0. The van der Waals surface area contributed by atoms with Crippen LogP contribution in [0.4, 0.5) is 5.69 Å². The molecule has 1 aliphatic heterocycles. The van der Waals surface area contributed by atoms with Gasteiger partial charge in [-0.05, 0) is 35.6 Å². The number of benzene rings is 2. The molecule has 0 saturated carbocycles. The van der Waals surface area contributed by atoms with E-state index >= 15 is 0 Å². The number of rotatable bonds is 21. The maximum atomic E-state index is 12.7. The molecule has 0 radical (unpaired) electrons. The monoisotopic (exact) mass is 648 g/mol. The van der Waals surface area contributed by atoms with Crippen LogP contribution in [0.25, 0.3) is 0 Å². The molecule has 2 aromatic carbocycles. The van der Waals surface area contributed by atoms with E-state index in [0.29, 0.717) is 23.9 Å². The highest BCUT2D eigenvalue weighted by atomic mass is 79.9. The highest BCUT2D eigenvalue weighted by molar-refractivity contribution is 8.93. The van der Waals surface area contributed by atoms with E-state index in [-0.39, 0.29) is 29.5 Å². The van der Waals surface area contributed by atoms with Gasteiger partial charge in [0.15, 0.2) is 18.1 Å². The Morgan fingerprint density at radius 2 is 1.56 bits per heavy atom. The molecule has 0 unspecified atom stereocenters. The zero-order valence-corrected chi connectivity index (χ0v) is 27.4. The van der Waals surface area contributed by atoms with Crippen LogP contribution in [0.2, 0.25) is 0 Å². The summed E-state index contributed by atoms with van der Waals surface area (Å²) in [5, 5.41) is 5.08. The van der Waals surface area contributed by atoms with Gasteiger partial charge >= 0.3 is 0 Å². The van der Waals surface area contributed by atoms with Crippen molar-refractivity contribution >= 4 is 40.3 Å².